The highest BCUT2D eigenvalue weighted by Crippen LogP contribution is 2.30. The molecule has 0 radical (unpaired) electrons. The van der Waals surface area contributed by atoms with Gasteiger partial charge in [0.25, 0.3) is 10.0 Å². The molecule has 1 amide bonds. The number of hydrogen-bond acceptors (Lipinski definition) is 3. The Labute approximate surface area is 197 Å². The van der Waals surface area contributed by atoms with Crippen LogP contribution < -0.4 is 9.62 Å². The second-order valence-corrected chi connectivity index (χ2v) is 9.64. The fraction of sp³-hybridized carbons (Fsp3) is 0.240. The molecule has 0 spiro atoms. The van der Waals surface area contributed by atoms with Gasteiger partial charge in [-0.25, -0.2) is 8.42 Å². The van der Waals surface area contributed by atoms with Crippen molar-refractivity contribution in [2.24, 2.45) is 0 Å². The average Bonchev–Trinajstić information content (AvgIpc) is 2.81. The number of nitrogens with one attached hydrogen (secondary N) is 1. The molecule has 0 atom stereocenters. The van der Waals surface area contributed by atoms with Crippen LogP contribution in [0.25, 0.3) is 0 Å². The Balaban J connectivity index is 1.87. The van der Waals surface area contributed by atoms with E-state index in [1.54, 1.807) is 36.4 Å². The van der Waals surface area contributed by atoms with Gasteiger partial charge < -0.3 is 5.32 Å². The van der Waals surface area contributed by atoms with Gasteiger partial charge in [0.05, 0.1) is 16.1 Å². The molecule has 5 nitrogen and oxygen atoms in total. The van der Waals surface area contributed by atoms with Gasteiger partial charge in [-0.05, 0) is 54.8 Å². The van der Waals surface area contributed by atoms with Gasteiger partial charge in [0, 0.05) is 6.54 Å². The number of nitrogens with zero attached hydrogens (tertiary/aromatic N) is 1. The third-order valence-electron chi connectivity index (χ3n) is 5.28. The normalized spacial score (nSPS) is 11.8. The van der Waals surface area contributed by atoms with Crippen LogP contribution in [-0.4, -0.2) is 20.9 Å². The third kappa shape index (κ3) is 5.96. The molecule has 0 aliphatic heterocycles. The van der Waals surface area contributed by atoms with Crippen LogP contribution in [0.4, 0.5) is 18.9 Å². The smallest absolute Gasteiger partial charge is 0.350 e. The lowest BCUT2D eigenvalue weighted by Gasteiger charge is -2.26. The summed E-state index contributed by atoms with van der Waals surface area (Å²) in [6.45, 7) is 3.02. The van der Waals surface area contributed by atoms with Gasteiger partial charge in [-0.2, -0.15) is 13.2 Å². The highest BCUT2D eigenvalue weighted by Gasteiger charge is 2.31. The molecule has 0 aliphatic carbocycles. The number of halogens is 3. The van der Waals surface area contributed by atoms with E-state index < -0.39 is 34.2 Å². The predicted molar refractivity (Wildman–Crippen MR) is 125 cm³/mol. The Morgan fingerprint density at radius 3 is 2.29 bits per heavy atom. The van der Waals surface area contributed by atoms with Gasteiger partial charge in [0.15, 0.2) is 0 Å². The first-order valence-corrected chi connectivity index (χ1v) is 12.1. The molecule has 1 N–H and O–H groups in total. The summed E-state index contributed by atoms with van der Waals surface area (Å²) in [5.74, 6) is -0.640. The van der Waals surface area contributed by atoms with Crippen molar-refractivity contribution < 1.29 is 26.4 Å². The Bertz CT molecular complexity index is 1260. The van der Waals surface area contributed by atoms with Crippen LogP contribution in [-0.2, 0) is 34.0 Å². The van der Waals surface area contributed by atoms with Crippen LogP contribution in [0.3, 0.4) is 0 Å². The number of carbonyl (C=O) groups is 1. The number of hydrogen-bond donors (Lipinski definition) is 1. The summed E-state index contributed by atoms with van der Waals surface area (Å²) in [6, 6.07) is 17.8. The first-order valence-electron chi connectivity index (χ1n) is 10.6. The number of amides is 1. The Morgan fingerprint density at radius 1 is 0.971 bits per heavy atom. The molecule has 3 aromatic carbocycles. The molecule has 3 rings (SSSR count). The van der Waals surface area contributed by atoms with Gasteiger partial charge in [-0.3, -0.25) is 9.10 Å². The molecule has 180 valence electrons. The Morgan fingerprint density at radius 2 is 1.65 bits per heavy atom. The summed E-state index contributed by atoms with van der Waals surface area (Å²) in [5, 5.41) is 2.54. The number of benzene rings is 3. The van der Waals surface area contributed by atoms with Crippen LogP contribution in [0, 0.1) is 6.92 Å². The fourth-order valence-electron chi connectivity index (χ4n) is 3.43. The number of sulfonamides is 1. The second-order valence-electron chi connectivity index (χ2n) is 7.78. The summed E-state index contributed by atoms with van der Waals surface area (Å²) in [7, 11) is -4.08. The summed E-state index contributed by atoms with van der Waals surface area (Å²) < 4.78 is 66.9. The van der Waals surface area contributed by atoms with Crippen LogP contribution in [0.15, 0.2) is 77.7 Å². The van der Waals surface area contributed by atoms with E-state index in [0.717, 1.165) is 27.6 Å². The van der Waals surface area contributed by atoms with E-state index in [9.17, 15) is 26.4 Å². The number of anilines is 1. The SMILES string of the molecule is CCc1ccccc1N(CC(=O)NCc1cccc(C(F)(F)F)c1)S(=O)(=O)c1ccc(C)cc1. The molecule has 0 unspecified atom stereocenters. The van der Waals surface area contributed by atoms with E-state index in [1.165, 1.54) is 24.3 Å². The zero-order valence-corrected chi connectivity index (χ0v) is 19.6. The average molecular weight is 491 g/mol. The molecule has 9 heteroatoms. The van der Waals surface area contributed by atoms with Gasteiger partial charge >= 0.3 is 6.18 Å². The van der Waals surface area contributed by atoms with Crippen molar-refractivity contribution >= 4 is 21.6 Å². The van der Waals surface area contributed by atoms with Crippen molar-refractivity contribution in [2.75, 3.05) is 10.8 Å². The number of para-hydroxylation sites is 1. The second kappa shape index (κ2) is 10.3. The van der Waals surface area contributed by atoms with Crippen molar-refractivity contribution in [3.05, 3.63) is 95.1 Å². The highest BCUT2D eigenvalue weighted by molar-refractivity contribution is 7.92. The van der Waals surface area contributed by atoms with Crippen molar-refractivity contribution in [3.8, 4) is 0 Å². The zero-order chi connectivity index (χ0) is 24.9. The van der Waals surface area contributed by atoms with Gasteiger partial charge in [0.2, 0.25) is 5.91 Å². The molecule has 3 aromatic rings. The van der Waals surface area contributed by atoms with Gasteiger partial charge in [-0.1, -0.05) is 55.0 Å². The number of aryl methyl sites for hydroxylation is 2. The maximum Gasteiger partial charge on any atom is 0.416 e. The quantitative estimate of drug-likeness (QED) is 0.479. The summed E-state index contributed by atoms with van der Waals surface area (Å²) in [4.78, 5) is 12.8. The highest BCUT2D eigenvalue weighted by atomic mass is 32.2. The topological polar surface area (TPSA) is 66.5 Å². The minimum atomic E-state index is -4.50. The summed E-state index contributed by atoms with van der Waals surface area (Å²) in [5.41, 5.74) is 1.44. The van der Waals surface area contributed by atoms with Crippen molar-refractivity contribution in [2.45, 2.75) is 37.9 Å². The largest absolute Gasteiger partial charge is 0.416 e. The number of alkyl halides is 3. The molecule has 0 saturated carbocycles. The summed E-state index contributed by atoms with van der Waals surface area (Å²) in [6.07, 6.45) is -3.95. The molecule has 0 fully saturated rings. The monoisotopic (exact) mass is 490 g/mol. The van der Waals surface area contributed by atoms with E-state index in [1.807, 2.05) is 13.8 Å². The van der Waals surface area contributed by atoms with E-state index in [2.05, 4.69) is 5.32 Å². The maximum atomic E-state index is 13.5. The van der Waals surface area contributed by atoms with Gasteiger partial charge in [0.1, 0.15) is 6.54 Å². The molecule has 0 heterocycles. The van der Waals surface area contributed by atoms with Gasteiger partial charge in [-0.15, -0.1) is 0 Å². The number of carbonyl (C=O) groups excluding carboxylic acids is 1. The standard InChI is InChI=1S/C25H25F3N2O3S/c1-3-20-8-4-5-10-23(20)30(34(32,33)22-13-11-18(2)12-14-22)17-24(31)29-16-19-7-6-9-21(15-19)25(26,27)28/h4-15H,3,16-17H2,1-2H3,(H,29,31). The van der Waals surface area contributed by atoms with Crippen molar-refractivity contribution in [1.29, 1.82) is 0 Å². The molecule has 34 heavy (non-hydrogen) atoms. The van der Waals surface area contributed by atoms with Crippen LogP contribution in [0.2, 0.25) is 0 Å². The molecule has 0 aromatic heterocycles. The van der Waals surface area contributed by atoms with Crippen LogP contribution in [0.5, 0.6) is 0 Å². The molecule has 0 aliphatic rings. The van der Waals surface area contributed by atoms with E-state index in [-0.39, 0.29) is 17.0 Å². The Hall–Kier alpha value is -3.33. The summed E-state index contributed by atoms with van der Waals surface area (Å²) >= 11 is 0. The first kappa shape index (κ1) is 25.3. The molecule has 0 saturated heterocycles. The van der Waals surface area contributed by atoms with E-state index >= 15 is 0 Å². The van der Waals surface area contributed by atoms with Crippen LogP contribution in [0.1, 0.15) is 29.2 Å². The van der Waals surface area contributed by atoms with E-state index in [0.29, 0.717) is 12.1 Å². The van der Waals surface area contributed by atoms with E-state index in [4.69, 9.17) is 0 Å². The fourth-order valence-corrected chi connectivity index (χ4v) is 4.89. The van der Waals surface area contributed by atoms with Crippen molar-refractivity contribution in [1.82, 2.24) is 5.32 Å². The maximum absolute atomic E-state index is 13.5. The minimum absolute atomic E-state index is 0.0367. The van der Waals surface area contributed by atoms with Crippen molar-refractivity contribution in [3.63, 3.8) is 0 Å². The Kier molecular flexibility index (Phi) is 7.66. The lowest BCUT2D eigenvalue weighted by Crippen LogP contribution is -2.41. The van der Waals surface area contributed by atoms with Crippen LogP contribution >= 0.6 is 0 Å². The number of rotatable bonds is 8. The molecular weight excluding hydrogens is 465 g/mol. The lowest BCUT2D eigenvalue weighted by molar-refractivity contribution is -0.137. The predicted octanol–water partition coefficient (Wildman–Crippen LogP) is 5.09. The molecule has 0 bridgehead atoms. The lowest BCUT2D eigenvalue weighted by atomic mass is 10.1. The third-order valence-corrected chi connectivity index (χ3v) is 7.06. The zero-order valence-electron chi connectivity index (χ0n) is 18.8. The first-order chi connectivity index (χ1) is 16.0. The molecular formula is C25H25F3N2O3S. The minimum Gasteiger partial charge on any atom is -0.350 e.